The molecule has 0 spiro atoms. The summed E-state index contributed by atoms with van der Waals surface area (Å²) in [6, 6.07) is 19.9. The van der Waals surface area contributed by atoms with Gasteiger partial charge < -0.3 is 4.57 Å². The Morgan fingerprint density at radius 1 is 0.739 bits per heavy atom. The van der Waals surface area contributed by atoms with Crippen LogP contribution in [0.4, 0.5) is 0 Å². The molecule has 0 fully saturated rings. The molecule has 0 radical (unpaired) electrons. The summed E-state index contributed by atoms with van der Waals surface area (Å²) in [6.45, 7) is 2.24. The van der Waals surface area contributed by atoms with Gasteiger partial charge in [0.1, 0.15) is 0 Å². The molecule has 0 aliphatic carbocycles. The van der Waals surface area contributed by atoms with Crippen LogP contribution in [0.5, 0.6) is 0 Å². The van der Waals surface area contributed by atoms with E-state index in [0.717, 1.165) is 22.8 Å². The van der Waals surface area contributed by atoms with Gasteiger partial charge in [0.2, 0.25) is 0 Å². The normalized spacial score (nSPS) is 11.5. The van der Waals surface area contributed by atoms with Crippen molar-refractivity contribution in [3.63, 3.8) is 0 Å². The average Bonchev–Trinajstić information content (AvgIpc) is 2.62. The minimum absolute atomic E-state index is 0.960. The van der Waals surface area contributed by atoms with Gasteiger partial charge in [-0.15, -0.1) is 0 Å². The maximum Gasteiger partial charge on any atom is 0.195 e. The smallest absolute Gasteiger partial charge is 0.195 e. The Hall–Kier alpha value is -0.980. The van der Waals surface area contributed by atoms with Crippen molar-refractivity contribution >= 4 is 28.3 Å². The van der Waals surface area contributed by atoms with Crippen LogP contribution in [0.25, 0.3) is 0 Å². The van der Waals surface area contributed by atoms with Gasteiger partial charge in [0.05, 0.1) is 0 Å². The van der Waals surface area contributed by atoms with Crippen molar-refractivity contribution in [1.29, 1.82) is 0 Å². The number of benzene rings is 2. The van der Waals surface area contributed by atoms with Gasteiger partial charge in [-0.3, -0.25) is 0 Å². The van der Waals surface area contributed by atoms with Crippen LogP contribution in [-0.2, 0) is 4.57 Å². The second-order valence-corrected chi connectivity index (χ2v) is 10.9. The zero-order valence-electron chi connectivity index (χ0n) is 14.0. The van der Waals surface area contributed by atoms with Crippen molar-refractivity contribution in [2.24, 2.45) is 0 Å². The highest BCUT2D eigenvalue weighted by molar-refractivity contribution is 8.62. The van der Waals surface area contributed by atoms with E-state index in [1.807, 2.05) is 60.7 Å². The second kappa shape index (κ2) is 10.0. The van der Waals surface area contributed by atoms with E-state index in [0.29, 0.717) is 0 Å². The zero-order chi connectivity index (χ0) is 16.4. The third-order valence-electron chi connectivity index (χ3n) is 3.96. The summed E-state index contributed by atoms with van der Waals surface area (Å²) in [7, 11) is 0. The molecule has 3 heteroatoms. The first-order chi connectivity index (χ1) is 11.3. The molecule has 0 unspecified atom stereocenters. The monoisotopic (exact) mass is 346 g/mol. The molecule has 0 aliphatic rings. The lowest BCUT2D eigenvalue weighted by Crippen LogP contribution is -2.13. The zero-order valence-corrected chi connectivity index (χ0v) is 15.7. The number of hydrogen-bond donors (Lipinski definition) is 0. The van der Waals surface area contributed by atoms with Gasteiger partial charge in [0, 0.05) is 16.4 Å². The van der Waals surface area contributed by atoms with Gasteiger partial charge in [-0.2, -0.15) is 0 Å². The molecule has 0 amide bonds. The van der Waals surface area contributed by atoms with Crippen LogP contribution in [0.2, 0.25) is 0 Å². The molecule has 0 aromatic heterocycles. The molecule has 1 nitrogen and oxygen atoms in total. The molecule has 0 heterocycles. The molecule has 0 saturated carbocycles. The first-order valence-corrected chi connectivity index (χ1v) is 11.9. The van der Waals surface area contributed by atoms with Crippen molar-refractivity contribution in [2.75, 3.05) is 5.75 Å². The molecule has 2 rings (SSSR count). The lowest BCUT2D eigenvalue weighted by molar-refractivity contribution is 0.595. The summed E-state index contributed by atoms with van der Waals surface area (Å²) >= 11 is 1.65. The van der Waals surface area contributed by atoms with E-state index in [2.05, 4.69) is 6.92 Å². The Labute approximate surface area is 145 Å². The maximum atomic E-state index is 13.7. The Morgan fingerprint density at radius 3 is 1.74 bits per heavy atom. The van der Waals surface area contributed by atoms with E-state index >= 15 is 0 Å². The fraction of sp³-hybridized carbons (Fsp3) is 0.400. The van der Waals surface area contributed by atoms with E-state index in [-0.39, 0.29) is 0 Å². The predicted molar refractivity (Wildman–Crippen MR) is 106 cm³/mol. The Morgan fingerprint density at radius 2 is 1.22 bits per heavy atom. The highest BCUT2D eigenvalue weighted by atomic mass is 32.7. The third kappa shape index (κ3) is 5.55. The summed E-state index contributed by atoms with van der Waals surface area (Å²) in [6.07, 6.45) is 5.08. The molecular formula is C20H27OPS. The standard InChI is InChI=1S/C20H27OPS/c1-2-3-4-5-6-13-18-23-22(21,19-14-9-7-10-15-19)20-16-11-8-12-17-20/h7-12,14-17H,2-6,13,18H2,1H3. The highest BCUT2D eigenvalue weighted by Gasteiger charge is 2.27. The number of rotatable bonds is 10. The minimum atomic E-state index is -2.57. The van der Waals surface area contributed by atoms with Crippen LogP contribution < -0.4 is 10.6 Å². The van der Waals surface area contributed by atoms with Gasteiger partial charge in [0.25, 0.3) is 0 Å². The lowest BCUT2D eigenvalue weighted by Gasteiger charge is -2.18. The predicted octanol–water partition coefficient (Wildman–Crippen LogP) is 6.01. The van der Waals surface area contributed by atoms with E-state index in [9.17, 15) is 4.57 Å². The van der Waals surface area contributed by atoms with Gasteiger partial charge in [-0.1, -0.05) is 111 Å². The van der Waals surface area contributed by atoms with Crippen molar-refractivity contribution in [2.45, 2.75) is 45.4 Å². The van der Waals surface area contributed by atoms with Crippen LogP contribution in [0, 0.1) is 0 Å². The van der Waals surface area contributed by atoms with Crippen LogP contribution in [0.3, 0.4) is 0 Å². The molecule has 0 saturated heterocycles. The molecule has 23 heavy (non-hydrogen) atoms. The fourth-order valence-electron chi connectivity index (χ4n) is 2.62. The molecule has 0 N–H and O–H groups in total. The fourth-order valence-corrected chi connectivity index (χ4v) is 7.72. The van der Waals surface area contributed by atoms with Gasteiger partial charge in [-0.25, -0.2) is 0 Å². The van der Waals surface area contributed by atoms with E-state index in [1.165, 1.54) is 32.1 Å². The summed E-state index contributed by atoms with van der Waals surface area (Å²) < 4.78 is 13.7. The van der Waals surface area contributed by atoms with Crippen LogP contribution in [0.15, 0.2) is 60.7 Å². The first-order valence-electron chi connectivity index (χ1n) is 8.63. The van der Waals surface area contributed by atoms with Crippen molar-refractivity contribution in [3.05, 3.63) is 60.7 Å². The SMILES string of the molecule is CCCCCCCCSP(=O)(c1ccccc1)c1ccccc1. The molecular weight excluding hydrogens is 319 g/mol. The second-order valence-electron chi connectivity index (χ2n) is 5.82. The molecule has 0 atom stereocenters. The highest BCUT2D eigenvalue weighted by Crippen LogP contribution is 2.56. The van der Waals surface area contributed by atoms with Gasteiger partial charge >= 0.3 is 0 Å². The van der Waals surface area contributed by atoms with Crippen molar-refractivity contribution < 1.29 is 4.57 Å². The van der Waals surface area contributed by atoms with Gasteiger partial charge in [0.15, 0.2) is 6.34 Å². The number of hydrogen-bond acceptors (Lipinski definition) is 2. The quantitative estimate of drug-likeness (QED) is 0.387. The van der Waals surface area contributed by atoms with Crippen LogP contribution >= 0.6 is 17.7 Å². The van der Waals surface area contributed by atoms with Crippen LogP contribution in [0.1, 0.15) is 45.4 Å². The van der Waals surface area contributed by atoms with Crippen molar-refractivity contribution in [1.82, 2.24) is 0 Å². The Kier molecular flexibility index (Phi) is 7.99. The largest absolute Gasteiger partial charge is 0.302 e. The Balaban J connectivity index is 2.00. The number of unbranched alkanes of at least 4 members (excludes halogenated alkanes) is 5. The molecule has 2 aromatic rings. The summed E-state index contributed by atoms with van der Waals surface area (Å²) in [5.41, 5.74) is 0. The Bertz CT molecular complexity index is 554. The van der Waals surface area contributed by atoms with Crippen molar-refractivity contribution in [3.8, 4) is 0 Å². The van der Waals surface area contributed by atoms with Crippen LogP contribution in [-0.4, -0.2) is 5.75 Å². The molecule has 0 bridgehead atoms. The molecule has 124 valence electrons. The average molecular weight is 346 g/mol. The first kappa shape index (κ1) is 18.4. The lowest BCUT2D eigenvalue weighted by atomic mass is 10.1. The topological polar surface area (TPSA) is 17.1 Å². The summed E-state index contributed by atoms with van der Waals surface area (Å²) in [5, 5.41) is 1.92. The minimum Gasteiger partial charge on any atom is -0.302 e. The summed E-state index contributed by atoms with van der Waals surface area (Å²) in [4.78, 5) is 0. The van der Waals surface area contributed by atoms with Gasteiger partial charge in [-0.05, 0) is 6.42 Å². The third-order valence-corrected chi connectivity index (χ3v) is 9.66. The summed E-state index contributed by atoms with van der Waals surface area (Å²) in [5.74, 6) is 0.965. The van der Waals surface area contributed by atoms with E-state index in [1.54, 1.807) is 11.4 Å². The maximum absolute atomic E-state index is 13.7. The van der Waals surface area contributed by atoms with E-state index < -0.39 is 6.34 Å². The van der Waals surface area contributed by atoms with E-state index in [4.69, 9.17) is 0 Å². The molecule has 2 aromatic carbocycles. The molecule has 0 aliphatic heterocycles.